The monoisotopic (exact) mass is 443 g/mol. The first-order valence-electron chi connectivity index (χ1n) is 7.77. The summed E-state index contributed by atoms with van der Waals surface area (Å²) in [7, 11) is 0. The quantitative estimate of drug-likeness (QED) is 0.477. The van der Waals surface area contributed by atoms with E-state index in [0.717, 1.165) is 0 Å². The zero-order chi connectivity index (χ0) is 19.6. The average Bonchev–Trinajstić information content (AvgIpc) is 2.95. The molecule has 0 unspecified atom stereocenters. The van der Waals surface area contributed by atoms with Gasteiger partial charge in [-0.15, -0.1) is 0 Å². The maximum Gasteiger partial charge on any atom is 0.319 e. The van der Waals surface area contributed by atoms with E-state index >= 15 is 0 Å². The Labute approximate surface area is 175 Å². The highest BCUT2D eigenvalue weighted by atomic mass is 35.5. The Hall–Kier alpha value is -1.92. The average molecular weight is 445 g/mol. The first-order chi connectivity index (χ1) is 12.9. The number of anilines is 1. The fraction of sp³-hybridized carbons (Fsp3) is 0.111. The third-order valence-corrected chi connectivity index (χ3v) is 5.13. The first-order valence-corrected chi connectivity index (χ1v) is 9.28. The maximum absolute atomic E-state index is 12.4. The van der Waals surface area contributed by atoms with Gasteiger partial charge >= 0.3 is 6.03 Å². The van der Waals surface area contributed by atoms with Gasteiger partial charge in [0.25, 0.3) is 0 Å². The summed E-state index contributed by atoms with van der Waals surface area (Å²) in [4.78, 5) is 12.4. The lowest BCUT2D eigenvalue weighted by atomic mass is 10.1. The van der Waals surface area contributed by atoms with Crippen LogP contribution in [0.2, 0.25) is 20.1 Å². The Balaban J connectivity index is 1.80. The van der Waals surface area contributed by atoms with E-state index < -0.39 is 6.03 Å². The Morgan fingerprint density at radius 2 is 1.56 bits per heavy atom. The van der Waals surface area contributed by atoms with Crippen LogP contribution < -0.4 is 10.6 Å². The number of nitrogens with zero attached hydrogens (tertiary/aromatic N) is 1. The van der Waals surface area contributed by atoms with Gasteiger partial charge in [0.15, 0.2) is 5.76 Å². The summed E-state index contributed by atoms with van der Waals surface area (Å²) in [5, 5.41) is 11.1. The summed E-state index contributed by atoms with van der Waals surface area (Å²) in [5.74, 6) is 0.409. The lowest BCUT2D eigenvalue weighted by Crippen LogP contribution is -2.28. The van der Waals surface area contributed by atoms with Gasteiger partial charge in [-0.1, -0.05) is 63.7 Å². The van der Waals surface area contributed by atoms with E-state index in [-0.39, 0.29) is 6.54 Å². The summed E-state index contributed by atoms with van der Waals surface area (Å²) in [6.07, 6.45) is 0. The molecule has 0 fully saturated rings. The van der Waals surface area contributed by atoms with E-state index in [1.165, 1.54) is 0 Å². The molecular weight excluding hydrogens is 432 g/mol. The van der Waals surface area contributed by atoms with E-state index in [1.54, 1.807) is 43.3 Å². The van der Waals surface area contributed by atoms with E-state index in [4.69, 9.17) is 50.9 Å². The minimum Gasteiger partial charge on any atom is -0.359 e. The highest BCUT2D eigenvalue weighted by Crippen LogP contribution is 2.39. The topological polar surface area (TPSA) is 67.2 Å². The largest absolute Gasteiger partial charge is 0.359 e. The minimum absolute atomic E-state index is 0.150. The second kappa shape index (κ2) is 8.40. The molecule has 0 spiro atoms. The molecule has 2 amide bonds. The fourth-order valence-corrected chi connectivity index (χ4v) is 3.55. The van der Waals surface area contributed by atoms with Gasteiger partial charge in [-0.25, -0.2) is 4.79 Å². The van der Waals surface area contributed by atoms with Crippen molar-refractivity contribution >= 4 is 58.1 Å². The van der Waals surface area contributed by atoms with Crippen LogP contribution in [0.4, 0.5) is 10.5 Å². The molecule has 3 aromatic rings. The van der Waals surface area contributed by atoms with Crippen LogP contribution in [0.5, 0.6) is 0 Å². The van der Waals surface area contributed by atoms with Crippen LogP contribution in [0.15, 0.2) is 40.9 Å². The Morgan fingerprint density at radius 1 is 1.00 bits per heavy atom. The number of carbonyl (C=O) groups excluding carboxylic acids is 1. The van der Waals surface area contributed by atoms with Gasteiger partial charge in [0.1, 0.15) is 11.4 Å². The van der Waals surface area contributed by atoms with Crippen molar-refractivity contribution in [1.82, 2.24) is 10.5 Å². The van der Waals surface area contributed by atoms with Crippen LogP contribution in [0.3, 0.4) is 0 Å². The number of halogens is 4. The van der Waals surface area contributed by atoms with Crippen molar-refractivity contribution in [3.63, 3.8) is 0 Å². The third-order valence-electron chi connectivity index (χ3n) is 3.79. The molecule has 0 aliphatic heterocycles. The normalized spacial score (nSPS) is 10.7. The highest BCUT2D eigenvalue weighted by Gasteiger charge is 2.21. The summed E-state index contributed by atoms with van der Waals surface area (Å²) in [6.45, 7) is 1.82. The molecule has 0 aliphatic carbocycles. The predicted molar refractivity (Wildman–Crippen MR) is 109 cm³/mol. The van der Waals surface area contributed by atoms with Gasteiger partial charge in [-0.2, -0.15) is 0 Å². The fourth-order valence-electron chi connectivity index (χ4n) is 2.44. The number of hydrogen-bond acceptors (Lipinski definition) is 3. The van der Waals surface area contributed by atoms with Gasteiger partial charge in [0, 0.05) is 27.7 Å². The van der Waals surface area contributed by atoms with Crippen molar-refractivity contribution in [1.29, 1.82) is 0 Å². The smallest absolute Gasteiger partial charge is 0.319 e. The molecule has 0 saturated heterocycles. The molecule has 9 heteroatoms. The van der Waals surface area contributed by atoms with Crippen LogP contribution >= 0.6 is 46.4 Å². The lowest BCUT2D eigenvalue weighted by molar-refractivity contribution is 0.251. The predicted octanol–water partition coefficient (Wildman–Crippen LogP) is 6.59. The lowest BCUT2D eigenvalue weighted by Gasteiger charge is -2.11. The van der Waals surface area contributed by atoms with E-state index in [1.807, 2.05) is 0 Å². The number of benzene rings is 2. The Bertz CT molecular complexity index is 964. The molecule has 0 aliphatic rings. The molecule has 140 valence electrons. The molecule has 27 heavy (non-hydrogen) atoms. The molecule has 2 aromatic carbocycles. The summed E-state index contributed by atoms with van der Waals surface area (Å²) >= 11 is 24.7. The number of carbonyl (C=O) groups is 1. The SMILES string of the molecule is Cc1onc(-c2c(Cl)cccc2Cl)c1NC(=O)NCc1c(Cl)cccc1Cl. The van der Waals surface area contributed by atoms with Gasteiger partial charge in [0.2, 0.25) is 0 Å². The third kappa shape index (κ3) is 4.33. The van der Waals surface area contributed by atoms with E-state index in [0.29, 0.717) is 48.4 Å². The molecule has 2 N–H and O–H groups in total. The van der Waals surface area contributed by atoms with Crippen molar-refractivity contribution in [3.05, 3.63) is 67.8 Å². The highest BCUT2D eigenvalue weighted by molar-refractivity contribution is 6.39. The van der Waals surface area contributed by atoms with Crippen LogP contribution in [-0.2, 0) is 6.54 Å². The number of hydrogen-bond donors (Lipinski definition) is 2. The van der Waals surface area contributed by atoms with E-state index in [9.17, 15) is 4.79 Å². The summed E-state index contributed by atoms with van der Waals surface area (Å²) < 4.78 is 5.21. The van der Waals surface area contributed by atoms with Crippen molar-refractivity contribution in [3.8, 4) is 11.3 Å². The van der Waals surface area contributed by atoms with Gasteiger partial charge in [0.05, 0.1) is 10.0 Å². The number of urea groups is 1. The van der Waals surface area contributed by atoms with E-state index in [2.05, 4.69) is 15.8 Å². The van der Waals surface area contributed by atoms with Crippen molar-refractivity contribution < 1.29 is 9.32 Å². The molecule has 0 radical (unpaired) electrons. The minimum atomic E-state index is -0.485. The number of rotatable bonds is 4. The second-order valence-corrected chi connectivity index (χ2v) is 7.20. The van der Waals surface area contributed by atoms with Crippen molar-refractivity contribution in [2.45, 2.75) is 13.5 Å². The van der Waals surface area contributed by atoms with Crippen LogP contribution in [0.25, 0.3) is 11.3 Å². The van der Waals surface area contributed by atoms with Crippen LogP contribution in [0, 0.1) is 6.92 Å². The zero-order valence-electron chi connectivity index (χ0n) is 13.9. The van der Waals surface area contributed by atoms with Gasteiger partial charge in [-0.05, 0) is 31.2 Å². The summed E-state index contributed by atoms with van der Waals surface area (Å²) in [6, 6.07) is 9.71. The van der Waals surface area contributed by atoms with Gasteiger partial charge in [-0.3, -0.25) is 0 Å². The molecule has 5 nitrogen and oxygen atoms in total. The molecular formula is C18H13Cl4N3O2. The molecule has 0 saturated carbocycles. The molecule has 3 rings (SSSR count). The molecule has 1 heterocycles. The number of aromatic nitrogens is 1. The Morgan fingerprint density at radius 3 is 2.15 bits per heavy atom. The number of nitrogens with one attached hydrogen (secondary N) is 2. The number of amides is 2. The number of aryl methyl sites for hydroxylation is 1. The zero-order valence-corrected chi connectivity index (χ0v) is 17.0. The first kappa shape index (κ1) is 19.8. The maximum atomic E-state index is 12.4. The summed E-state index contributed by atoms with van der Waals surface area (Å²) in [5.41, 5.74) is 1.80. The van der Waals surface area contributed by atoms with Crippen molar-refractivity contribution in [2.24, 2.45) is 0 Å². The standard InChI is InChI=1S/C18H13Cl4N3O2/c1-9-16(17(25-27-9)15-13(21)6-3-7-14(15)22)24-18(26)23-8-10-11(19)4-2-5-12(10)20/h2-7H,8H2,1H3,(H2,23,24,26). The van der Waals surface area contributed by atoms with Crippen LogP contribution in [-0.4, -0.2) is 11.2 Å². The molecule has 0 bridgehead atoms. The van der Waals surface area contributed by atoms with Crippen LogP contribution in [0.1, 0.15) is 11.3 Å². The van der Waals surface area contributed by atoms with Crippen molar-refractivity contribution in [2.75, 3.05) is 5.32 Å². The van der Waals surface area contributed by atoms with Gasteiger partial charge < -0.3 is 15.2 Å². The molecule has 1 aromatic heterocycles. The molecule has 0 atom stereocenters. The Kier molecular flexibility index (Phi) is 6.17. The second-order valence-electron chi connectivity index (χ2n) is 5.57.